The van der Waals surface area contributed by atoms with E-state index in [1.54, 1.807) is 0 Å². The van der Waals surface area contributed by atoms with Gasteiger partial charge in [-0.3, -0.25) is 9.78 Å². The van der Waals surface area contributed by atoms with Gasteiger partial charge in [0.05, 0.1) is 11.1 Å². The molecule has 70 valence electrons. The van der Waals surface area contributed by atoms with Crippen LogP contribution in [0.3, 0.4) is 0 Å². The zero-order valence-corrected chi connectivity index (χ0v) is 7.79. The molecular weight excluding hydrogens is 203 g/mol. The highest BCUT2D eigenvalue weighted by molar-refractivity contribution is 7.16. The highest BCUT2D eigenvalue weighted by Gasteiger charge is 2.08. The maximum absolute atomic E-state index is 13.2. The Bertz CT molecular complexity index is 469. The van der Waals surface area contributed by atoms with Gasteiger partial charge in [-0.05, 0) is 6.07 Å². The molecule has 14 heavy (non-hydrogen) atoms. The van der Waals surface area contributed by atoms with Crippen LogP contribution in [0.25, 0.3) is 10.6 Å². The Morgan fingerprint density at radius 3 is 2.93 bits per heavy atom. The first kappa shape index (κ1) is 8.96. The van der Waals surface area contributed by atoms with Crippen molar-refractivity contribution in [3.8, 4) is 10.6 Å². The maximum atomic E-state index is 13.2. The van der Waals surface area contributed by atoms with Gasteiger partial charge in [0, 0.05) is 18.0 Å². The van der Waals surface area contributed by atoms with Crippen molar-refractivity contribution < 1.29 is 9.18 Å². The molecule has 0 N–H and O–H groups in total. The molecule has 0 aliphatic rings. The molecule has 2 aromatic rings. The number of carbonyl (C=O) groups excluding carboxylic acids is 1. The number of thiazole rings is 1. The van der Waals surface area contributed by atoms with Crippen molar-refractivity contribution in [3.63, 3.8) is 0 Å². The van der Waals surface area contributed by atoms with E-state index in [2.05, 4.69) is 9.97 Å². The normalized spacial score (nSPS) is 10.1. The van der Waals surface area contributed by atoms with E-state index in [0.29, 0.717) is 21.7 Å². The van der Waals surface area contributed by atoms with E-state index in [4.69, 9.17) is 0 Å². The summed E-state index contributed by atoms with van der Waals surface area (Å²) in [5.74, 6) is -0.431. The summed E-state index contributed by atoms with van der Waals surface area (Å²) in [5, 5.41) is 0.493. The topological polar surface area (TPSA) is 42.9 Å². The van der Waals surface area contributed by atoms with Crippen LogP contribution in [0.15, 0.2) is 24.7 Å². The molecule has 0 bridgehead atoms. The number of hydrogen-bond acceptors (Lipinski definition) is 4. The minimum Gasteiger partial charge on any atom is -0.297 e. The van der Waals surface area contributed by atoms with Crippen LogP contribution >= 0.6 is 11.3 Å². The van der Waals surface area contributed by atoms with Gasteiger partial charge in [0.2, 0.25) is 0 Å². The number of aromatic nitrogens is 2. The highest BCUT2D eigenvalue weighted by Crippen LogP contribution is 2.25. The number of hydrogen-bond donors (Lipinski definition) is 0. The molecule has 0 spiro atoms. The minimum atomic E-state index is -0.431. The van der Waals surface area contributed by atoms with E-state index >= 15 is 0 Å². The summed E-state index contributed by atoms with van der Waals surface area (Å²) in [5.41, 5.74) is 0.373. The van der Waals surface area contributed by atoms with E-state index in [1.807, 2.05) is 0 Å². The van der Waals surface area contributed by atoms with Crippen molar-refractivity contribution >= 4 is 17.6 Å². The lowest BCUT2D eigenvalue weighted by Crippen LogP contribution is -1.83. The Balaban J connectivity index is 2.49. The second-order valence-electron chi connectivity index (χ2n) is 2.54. The number of pyridine rings is 1. The molecule has 2 heterocycles. The first-order valence-corrected chi connectivity index (χ1v) is 4.64. The van der Waals surface area contributed by atoms with Crippen molar-refractivity contribution in [2.45, 2.75) is 0 Å². The Morgan fingerprint density at radius 2 is 2.29 bits per heavy atom. The molecule has 0 saturated carbocycles. The predicted octanol–water partition coefficient (Wildman–Crippen LogP) is 2.16. The summed E-state index contributed by atoms with van der Waals surface area (Å²) in [6, 6.07) is 1.53. The van der Waals surface area contributed by atoms with Gasteiger partial charge >= 0.3 is 0 Å². The summed E-state index contributed by atoms with van der Waals surface area (Å²) in [6.45, 7) is 0. The van der Waals surface area contributed by atoms with E-state index in [-0.39, 0.29) is 0 Å². The van der Waals surface area contributed by atoms with Crippen LogP contribution in [-0.4, -0.2) is 16.3 Å². The number of rotatable bonds is 2. The fraction of sp³-hybridized carbons (Fsp3) is 0. The predicted molar refractivity (Wildman–Crippen MR) is 50.7 cm³/mol. The van der Waals surface area contributed by atoms with Crippen molar-refractivity contribution in [2.75, 3.05) is 0 Å². The lowest BCUT2D eigenvalue weighted by atomic mass is 10.3. The Labute approximate surface area is 83.3 Å². The fourth-order valence-electron chi connectivity index (χ4n) is 1.01. The summed E-state index contributed by atoms with van der Waals surface area (Å²) >= 11 is 1.15. The third-order valence-corrected chi connectivity index (χ3v) is 2.60. The van der Waals surface area contributed by atoms with E-state index in [0.717, 1.165) is 17.5 Å². The van der Waals surface area contributed by atoms with Gasteiger partial charge < -0.3 is 0 Å². The van der Waals surface area contributed by atoms with Gasteiger partial charge in [0.25, 0.3) is 0 Å². The van der Waals surface area contributed by atoms with Gasteiger partial charge in [-0.15, -0.1) is 11.3 Å². The molecule has 0 amide bonds. The standard InChI is InChI=1S/C9H5FN2OS/c10-8-4-11-2-1-7(8)9-12-3-6(5-13)14-9/h1-5H. The van der Waals surface area contributed by atoms with Gasteiger partial charge in [0.1, 0.15) is 5.01 Å². The van der Waals surface area contributed by atoms with Crippen LogP contribution in [0.2, 0.25) is 0 Å². The molecule has 2 aromatic heterocycles. The summed E-state index contributed by atoms with van der Waals surface area (Å²) in [6.07, 6.45) is 4.73. The van der Waals surface area contributed by atoms with Gasteiger partial charge in [0.15, 0.2) is 12.1 Å². The molecule has 0 unspecified atom stereocenters. The van der Waals surface area contributed by atoms with Gasteiger partial charge in [-0.2, -0.15) is 0 Å². The molecule has 0 radical (unpaired) electrons. The highest BCUT2D eigenvalue weighted by atomic mass is 32.1. The first-order valence-electron chi connectivity index (χ1n) is 3.82. The summed E-state index contributed by atoms with van der Waals surface area (Å²) in [7, 11) is 0. The van der Waals surface area contributed by atoms with Crippen LogP contribution in [-0.2, 0) is 0 Å². The third-order valence-electron chi connectivity index (χ3n) is 1.64. The van der Waals surface area contributed by atoms with Crippen molar-refractivity contribution in [2.24, 2.45) is 0 Å². The lowest BCUT2D eigenvalue weighted by Gasteiger charge is -1.95. The van der Waals surface area contributed by atoms with Gasteiger partial charge in [-0.25, -0.2) is 9.37 Å². The smallest absolute Gasteiger partial charge is 0.161 e. The maximum Gasteiger partial charge on any atom is 0.161 e. The number of halogens is 1. The van der Waals surface area contributed by atoms with Crippen molar-refractivity contribution in [3.05, 3.63) is 35.4 Å². The van der Waals surface area contributed by atoms with E-state index in [9.17, 15) is 9.18 Å². The third kappa shape index (κ3) is 1.54. The molecule has 0 atom stereocenters. The van der Waals surface area contributed by atoms with Crippen LogP contribution in [0.5, 0.6) is 0 Å². The first-order chi connectivity index (χ1) is 6.81. The molecule has 0 aliphatic heterocycles. The summed E-state index contributed by atoms with van der Waals surface area (Å²) in [4.78, 5) is 18.5. The largest absolute Gasteiger partial charge is 0.297 e. The van der Waals surface area contributed by atoms with Crippen LogP contribution in [0, 0.1) is 5.82 Å². The molecule has 0 aliphatic carbocycles. The van der Waals surface area contributed by atoms with E-state index < -0.39 is 5.82 Å². The number of carbonyl (C=O) groups is 1. The van der Waals surface area contributed by atoms with Crippen molar-refractivity contribution in [1.29, 1.82) is 0 Å². The molecular formula is C9H5FN2OS. The average Bonchev–Trinajstić information content (AvgIpc) is 2.67. The minimum absolute atomic E-state index is 0.373. The monoisotopic (exact) mass is 208 g/mol. The Hall–Kier alpha value is -1.62. The van der Waals surface area contributed by atoms with Crippen LogP contribution < -0.4 is 0 Å². The molecule has 2 rings (SSSR count). The van der Waals surface area contributed by atoms with Gasteiger partial charge in [-0.1, -0.05) is 0 Å². The lowest BCUT2D eigenvalue weighted by molar-refractivity contribution is 0.112. The Kier molecular flexibility index (Phi) is 2.32. The zero-order chi connectivity index (χ0) is 9.97. The molecule has 0 aromatic carbocycles. The summed E-state index contributed by atoms with van der Waals surface area (Å²) < 4.78 is 13.2. The van der Waals surface area contributed by atoms with Crippen LogP contribution in [0.1, 0.15) is 9.67 Å². The van der Waals surface area contributed by atoms with Crippen LogP contribution in [0.4, 0.5) is 4.39 Å². The molecule has 0 saturated heterocycles. The molecule has 0 fully saturated rings. The van der Waals surface area contributed by atoms with E-state index in [1.165, 1.54) is 18.5 Å². The molecule has 5 heteroatoms. The number of nitrogens with zero attached hydrogens (tertiary/aromatic N) is 2. The average molecular weight is 208 g/mol. The second-order valence-corrected chi connectivity index (χ2v) is 3.60. The quantitative estimate of drug-likeness (QED) is 0.710. The zero-order valence-electron chi connectivity index (χ0n) is 6.98. The molecule has 3 nitrogen and oxygen atoms in total. The number of aldehydes is 1. The Morgan fingerprint density at radius 1 is 1.43 bits per heavy atom. The SMILES string of the molecule is O=Cc1cnc(-c2ccncc2F)s1. The second kappa shape index (κ2) is 3.63. The fourth-order valence-corrected chi connectivity index (χ4v) is 1.77. The van der Waals surface area contributed by atoms with Crippen molar-refractivity contribution in [1.82, 2.24) is 9.97 Å².